The highest BCUT2D eigenvalue weighted by Crippen LogP contribution is 2.08. The van der Waals surface area contributed by atoms with Crippen LogP contribution in [0.1, 0.15) is 36.6 Å². The molecule has 0 bridgehead atoms. The van der Waals surface area contributed by atoms with E-state index in [0.717, 1.165) is 5.69 Å². The quantitative estimate of drug-likeness (QED) is 0.818. The van der Waals surface area contributed by atoms with Crippen molar-refractivity contribution in [3.05, 3.63) is 23.8 Å². The van der Waals surface area contributed by atoms with Crippen LogP contribution in [0.2, 0.25) is 0 Å². The highest BCUT2D eigenvalue weighted by molar-refractivity contribution is 5.94. The molecule has 0 fully saturated rings. The van der Waals surface area contributed by atoms with E-state index in [-0.39, 0.29) is 11.7 Å². The second kappa shape index (κ2) is 6.50. The van der Waals surface area contributed by atoms with Crippen molar-refractivity contribution in [1.82, 2.24) is 24.9 Å². The van der Waals surface area contributed by atoms with E-state index in [4.69, 9.17) is 4.74 Å². The molecule has 2 aromatic rings. The van der Waals surface area contributed by atoms with E-state index >= 15 is 0 Å². The molecule has 0 unspecified atom stereocenters. The zero-order chi connectivity index (χ0) is 16.3. The number of nitrogens with one attached hydrogen (secondary N) is 1. The van der Waals surface area contributed by atoms with E-state index < -0.39 is 17.9 Å². The Bertz CT molecular complexity index is 695. The monoisotopic (exact) mass is 305 g/mol. The summed E-state index contributed by atoms with van der Waals surface area (Å²) in [5, 5.41) is 6.72. The van der Waals surface area contributed by atoms with Crippen LogP contribution >= 0.6 is 0 Å². The second-order valence-electron chi connectivity index (χ2n) is 5.41. The number of methoxy groups -OCH3 is 1. The van der Waals surface area contributed by atoms with Gasteiger partial charge in [-0.3, -0.25) is 4.79 Å². The zero-order valence-corrected chi connectivity index (χ0v) is 13.0. The molecule has 8 nitrogen and oxygen atoms in total. The molecule has 1 N–H and O–H groups in total. The SMILES string of the molecule is COC(=O)[C@H](CC(C)C)NC(=O)c1nc2nccc(C)n2n1. The number of esters is 1. The minimum Gasteiger partial charge on any atom is -0.467 e. The average Bonchev–Trinajstić information content (AvgIpc) is 2.91. The lowest BCUT2D eigenvalue weighted by Crippen LogP contribution is -2.42. The Morgan fingerprint density at radius 2 is 2.14 bits per heavy atom. The lowest BCUT2D eigenvalue weighted by molar-refractivity contribution is -0.143. The van der Waals surface area contributed by atoms with Gasteiger partial charge in [0.05, 0.1) is 7.11 Å². The van der Waals surface area contributed by atoms with Gasteiger partial charge in [0.2, 0.25) is 5.82 Å². The molecule has 2 rings (SSSR count). The van der Waals surface area contributed by atoms with Crippen LogP contribution in [0.4, 0.5) is 0 Å². The fraction of sp³-hybridized carbons (Fsp3) is 0.500. The van der Waals surface area contributed by atoms with Gasteiger partial charge in [0, 0.05) is 11.9 Å². The second-order valence-corrected chi connectivity index (χ2v) is 5.41. The molecule has 0 radical (unpaired) electrons. The Morgan fingerprint density at radius 1 is 1.41 bits per heavy atom. The maximum absolute atomic E-state index is 12.3. The van der Waals surface area contributed by atoms with Crippen LogP contribution < -0.4 is 5.32 Å². The molecule has 0 aliphatic carbocycles. The lowest BCUT2D eigenvalue weighted by Gasteiger charge is -2.17. The minimum atomic E-state index is -0.724. The van der Waals surface area contributed by atoms with Gasteiger partial charge < -0.3 is 10.1 Å². The summed E-state index contributed by atoms with van der Waals surface area (Å²) in [6, 6.07) is 1.04. The summed E-state index contributed by atoms with van der Waals surface area (Å²) in [4.78, 5) is 32.1. The molecule has 8 heteroatoms. The molecule has 2 heterocycles. The summed E-state index contributed by atoms with van der Waals surface area (Å²) in [6.45, 7) is 5.75. The van der Waals surface area contributed by atoms with Gasteiger partial charge in [-0.15, -0.1) is 5.10 Å². The van der Waals surface area contributed by atoms with Crippen molar-refractivity contribution in [2.75, 3.05) is 7.11 Å². The molecular formula is C14H19N5O3. The van der Waals surface area contributed by atoms with Gasteiger partial charge in [-0.1, -0.05) is 13.8 Å². The molecule has 0 saturated heterocycles. The lowest BCUT2D eigenvalue weighted by atomic mass is 10.0. The van der Waals surface area contributed by atoms with E-state index in [9.17, 15) is 9.59 Å². The molecule has 2 aromatic heterocycles. The van der Waals surface area contributed by atoms with Crippen molar-refractivity contribution in [3.8, 4) is 0 Å². The van der Waals surface area contributed by atoms with Crippen LogP contribution in [0.5, 0.6) is 0 Å². The summed E-state index contributed by atoms with van der Waals surface area (Å²) in [7, 11) is 1.29. The standard InChI is InChI=1S/C14H19N5O3/c1-8(2)7-10(13(21)22-4)16-12(20)11-17-14-15-6-5-9(3)19(14)18-11/h5-6,8,10H,7H2,1-4H3,(H,16,20)/t10-/m0/s1. The van der Waals surface area contributed by atoms with E-state index in [0.29, 0.717) is 12.2 Å². The first-order valence-electron chi connectivity index (χ1n) is 6.99. The maximum Gasteiger partial charge on any atom is 0.328 e. The number of hydrogen-bond acceptors (Lipinski definition) is 6. The van der Waals surface area contributed by atoms with Crippen molar-refractivity contribution in [2.45, 2.75) is 33.2 Å². The fourth-order valence-corrected chi connectivity index (χ4v) is 2.05. The Morgan fingerprint density at radius 3 is 2.73 bits per heavy atom. The number of nitrogens with zero attached hydrogens (tertiary/aromatic N) is 4. The summed E-state index contributed by atoms with van der Waals surface area (Å²) in [6.07, 6.45) is 2.07. The molecule has 1 amide bonds. The number of aromatic nitrogens is 4. The van der Waals surface area contributed by atoms with Gasteiger partial charge in [0.25, 0.3) is 11.7 Å². The Labute approximate surface area is 127 Å². The summed E-state index contributed by atoms with van der Waals surface area (Å²) < 4.78 is 6.19. The third-order valence-corrected chi connectivity index (χ3v) is 3.13. The number of carbonyl (C=O) groups excluding carboxylic acids is 2. The normalized spacial score (nSPS) is 12.4. The predicted molar refractivity (Wildman–Crippen MR) is 78.2 cm³/mol. The van der Waals surface area contributed by atoms with Crippen molar-refractivity contribution in [2.24, 2.45) is 5.92 Å². The first-order chi connectivity index (χ1) is 10.4. The van der Waals surface area contributed by atoms with E-state index in [1.165, 1.54) is 11.6 Å². The summed E-state index contributed by atoms with van der Waals surface area (Å²) >= 11 is 0. The number of aryl methyl sites for hydroxylation is 1. The Hall–Kier alpha value is -2.51. The Kier molecular flexibility index (Phi) is 4.69. The van der Waals surface area contributed by atoms with Crippen LogP contribution in [0, 0.1) is 12.8 Å². The van der Waals surface area contributed by atoms with Gasteiger partial charge >= 0.3 is 5.97 Å². The minimum absolute atomic E-state index is 0.0283. The number of amides is 1. The molecular weight excluding hydrogens is 286 g/mol. The third kappa shape index (κ3) is 3.38. The van der Waals surface area contributed by atoms with E-state index in [2.05, 4.69) is 20.4 Å². The molecule has 0 saturated carbocycles. The van der Waals surface area contributed by atoms with Crippen LogP contribution in [0.25, 0.3) is 5.78 Å². The number of fused-ring (bicyclic) bond motifs is 1. The summed E-state index contributed by atoms with van der Waals surface area (Å²) in [5.41, 5.74) is 0.809. The van der Waals surface area contributed by atoms with Crippen molar-refractivity contribution >= 4 is 17.7 Å². The number of ether oxygens (including phenoxy) is 1. The van der Waals surface area contributed by atoms with E-state index in [1.54, 1.807) is 12.3 Å². The highest BCUT2D eigenvalue weighted by atomic mass is 16.5. The van der Waals surface area contributed by atoms with Gasteiger partial charge in [0.15, 0.2) is 0 Å². The fourth-order valence-electron chi connectivity index (χ4n) is 2.05. The van der Waals surface area contributed by atoms with Gasteiger partial charge in [-0.25, -0.2) is 14.3 Å². The number of hydrogen-bond donors (Lipinski definition) is 1. The molecule has 118 valence electrons. The largest absolute Gasteiger partial charge is 0.467 e. The first-order valence-corrected chi connectivity index (χ1v) is 6.99. The van der Waals surface area contributed by atoms with Crippen LogP contribution in [-0.2, 0) is 9.53 Å². The van der Waals surface area contributed by atoms with Crippen LogP contribution in [0.15, 0.2) is 12.3 Å². The highest BCUT2D eigenvalue weighted by Gasteiger charge is 2.25. The topological polar surface area (TPSA) is 98.5 Å². The zero-order valence-electron chi connectivity index (χ0n) is 13.0. The Balaban J connectivity index is 2.21. The molecule has 1 atom stereocenters. The van der Waals surface area contributed by atoms with Crippen LogP contribution in [-0.4, -0.2) is 44.6 Å². The van der Waals surface area contributed by atoms with Crippen molar-refractivity contribution in [3.63, 3.8) is 0 Å². The number of rotatable bonds is 5. The number of carbonyl (C=O) groups is 2. The predicted octanol–water partition coefficient (Wildman–Crippen LogP) is 0.750. The van der Waals surface area contributed by atoms with Crippen molar-refractivity contribution < 1.29 is 14.3 Å². The van der Waals surface area contributed by atoms with Crippen LogP contribution in [0.3, 0.4) is 0 Å². The maximum atomic E-state index is 12.3. The first kappa shape index (κ1) is 15.9. The molecule has 0 aromatic carbocycles. The molecule has 0 aliphatic rings. The van der Waals surface area contributed by atoms with Crippen molar-refractivity contribution in [1.29, 1.82) is 0 Å². The van der Waals surface area contributed by atoms with E-state index in [1.807, 2.05) is 20.8 Å². The summed E-state index contributed by atoms with van der Waals surface area (Å²) in [5.74, 6) is -0.480. The molecule has 0 aliphatic heterocycles. The van der Waals surface area contributed by atoms with Gasteiger partial charge in [0.1, 0.15) is 6.04 Å². The van der Waals surface area contributed by atoms with Gasteiger partial charge in [-0.2, -0.15) is 4.98 Å². The van der Waals surface area contributed by atoms with Gasteiger partial charge in [-0.05, 0) is 25.3 Å². The smallest absolute Gasteiger partial charge is 0.328 e. The molecule has 22 heavy (non-hydrogen) atoms. The third-order valence-electron chi connectivity index (χ3n) is 3.13. The average molecular weight is 305 g/mol. The molecule has 0 spiro atoms.